The Bertz CT molecular complexity index is 2080. The molecule has 6 aromatic rings. The topological polar surface area (TPSA) is 39.1 Å². The lowest BCUT2D eigenvalue weighted by Gasteiger charge is -2.25. The zero-order chi connectivity index (χ0) is 33.2. The first kappa shape index (κ1) is 33.5. The van der Waals surface area contributed by atoms with Crippen LogP contribution in [0.25, 0.3) is 27.5 Å². The van der Waals surface area contributed by atoms with Gasteiger partial charge in [0.25, 0.3) is 0 Å². The predicted octanol–water partition coefficient (Wildman–Crippen LogP) is 13.4. The SMILES string of the molecule is CC(=O)c1ccc2c(c1)c1cc(C(C)=O)ccc1n2-c1cc(Cl)c([C](c2c(Cl)cc(Cl)cc2Cl)c2c(Cl)cc(Cl)cc2Cl)c(Cl)c1. The van der Waals surface area contributed by atoms with E-state index >= 15 is 0 Å². The van der Waals surface area contributed by atoms with Gasteiger partial charge in [0.05, 0.1) is 17.0 Å². The van der Waals surface area contributed by atoms with Crippen molar-refractivity contribution in [2.45, 2.75) is 13.8 Å². The summed E-state index contributed by atoms with van der Waals surface area (Å²) >= 11 is 53.7. The molecule has 0 N–H and O–H groups in total. The number of hydrogen-bond acceptors (Lipinski definition) is 2. The fourth-order valence-electron chi connectivity index (χ4n) is 5.60. The van der Waals surface area contributed by atoms with Crippen LogP contribution in [0.3, 0.4) is 0 Å². The molecule has 0 saturated heterocycles. The van der Waals surface area contributed by atoms with Crippen molar-refractivity contribution in [3.05, 3.63) is 147 Å². The Labute approximate surface area is 304 Å². The standard InChI is InChI=1S/C35H18Cl8NO2/c1-15(45)17-3-5-30-22(7-17)23-8-18(16(2)46)4-6-31(23)44(30)21-13-28(42)34(29(43)14-21)35(32-24(38)9-19(36)10-25(32)39)33-26(40)11-20(37)12-27(33)41/h3-14H,1-2H3. The van der Waals surface area contributed by atoms with Crippen LogP contribution in [0.1, 0.15) is 51.3 Å². The minimum Gasteiger partial charge on any atom is -0.309 e. The summed E-state index contributed by atoms with van der Waals surface area (Å²) in [7, 11) is 0. The Morgan fingerprint density at radius 2 is 0.804 bits per heavy atom. The van der Waals surface area contributed by atoms with Gasteiger partial charge >= 0.3 is 0 Å². The van der Waals surface area contributed by atoms with Crippen molar-refractivity contribution in [1.82, 2.24) is 4.57 Å². The average molecular weight is 768 g/mol. The average Bonchev–Trinajstić information content (AvgIpc) is 3.28. The molecule has 46 heavy (non-hydrogen) atoms. The highest BCUT2D eigenvalue weighted by atomic mass is 35.5. The molecule has 1 aromatic heterocycles. The van der Waals surface area contributed by atoms with Gasteiger partial charge in [-0.05, 0) is 86.6 Å². The monoisotopic (exact) mass is 764 g/mol. The van der Waals surface area contributed by atoms with E-state index in [1.54, 1.807) is 48.5 Å². The molecule has 1 radical (unpaired) electrons. The Kier molecular flexibility index (Phi) is 9.37. The fraction of sp³-hybridized carbons (Fsp3) is 0.0571. The largest absolute Gasteiger partial charge is 0.309 e. The third-order valence-corrected chi connectivity index (χ3v) is 9.85. The zero-order valence-corrected chi connectivity index (χ0v) is 29.8. The molecule has 11 heteroatoms. The molecule has 0 aliphatic heterocycles. The van der Waals surface area contributed by atoms with Gasteiger partial charge in [0, 0.05) is 84.5 Å². The van der Waals surface area contributed by atoms with Crippen LogP contribution in [0.15, 0.2) is 72.8 Å². The van der Waals surface area contributed by atoms with Crippen LogP contribution in [-0.4, -0.2) is 16.1 Å². The van der Waals surface area contributed by atoms with E-state index in [1.807, 2.05) is 28.8 Å². The number of nitrogens with zero attached hydrogens (tertiary/aromatic N) is 1. The summed E-state index contributed by atoms with van der Waals surface area (Å²) in [6, 6.07) is 20.5. The van der Waals surface area contributed by atoms with Crippen LogP contribution in [0.5, 0.6) is 0 Å². The first-order valence-corrected chi connectivity index (χ1v) is 16.6. The summed E-state index contributed by atoms with van der Waals surface area (Å²) in [4.78, 5) is 24.6. The Morgan fingerprint density at radius 3 is 1.13 bits per heavy atom. The Balaban J connectivity index is 1.65. The summed E-state index contributed by atoms with van der Waals surface area (Å²) in [6.07, 6.45) is 0. The molecule has 6 rings (SSSR count). The van der Waals surface area contributed by atoms with Crippen molar-refractivity contribution >= 4 is 126 Å². The molecule has 0 bridgehead atoms. The summed E-state index contributed by atoms with van der Waals surface area (Å²) in [5, 5.41) is 3.56. The van der Waals surface area contributed by atoms with Gasteiger partial charge < -0.3 is 4.57 Å². The molecule has 0 aliphatic carbocycles. The zero-order valence-electron chi connectivity index (χ0n) is 23.7. The van der Waals surface area contributed by atoms with Crippen molar-refractivity contribution in [2.75, 3.05) is 0 Å². The molecular formula is C35H18Cl8NO2. The molecule has 1 heterocycles. The van der Waals surface area contributed by atoms with Gasteiger partial charge in [0.15, 0.2) is 11.6 Å². The molecule has 0 amide bonds. The van der Waals surface area contributed by atoms with Crippen LogP contribution >= 0.6 is 92.8 Å². The van der Waals surface area contributed by atoms with E-state index in [2.05, 4.69) is 0 Å². The minimum atomic E-state index is -0.0805. The lowest BCUT2D eigenvalue weighted by Crippen LogP contribution is -2.10. The fourth-order valence-corrected chi connectivity index (χ4v) is 8.28. The number of hydrogen-bond donors (Lipinski definition) is 0. The van der Waals surface area contributed by atoms with E-state index in [1.165, 1.54) is 13.8 Å². The normalized spacial score (nSPS) is 11.6. The maximum absolute atomic E-state index is 12.3. The second-order valence-electron chi connectivity index (χ2n) is 10.6. The molecule has 3 nitrogen and oxygen atoms in total. The van der Waals surface area contributed by atoms with Crippen molar-refractivity contribution in [3.8, 4) is 5.69 Å². The third kappa shape index (κ3) is 5.91. The molecule has 0 saturated carbocycles. The van der Waals surface area contributed by atoms with E-state index in [4.69, 9.17) is 92.8 Å². The lowest BCUT2D eigenvalue weighted by molar-refractivity contribution is 0.100. The summed E-state index contributed by atoms with van der Waals surface area (Å²) in [5.41, 5.74) is 4.34. The molecule has 0 spiro atoms. The minimum absolute atomic E-state index is 0.0805. The van der Waals surface area contributed by atoms with E-state index in [0.717, 1.165) is 21.8 Å². The number of ketones is 2. The highest BCUT2D eigenvalue weighted by Gasteiger charge is 2.32. The maximum atomic E-state index is 12.3. The van der Waals surface area contributed by atoms with E-state index in [-0.39, 0.29) is 41.7 Å². The summed E-state index contributed by atoms with van der Waals surface area (Å²) < 4.78 is 1.96. The van der Waals surface area contributed by atoms with Gasteiger partial charge in [-0.15, -0.1) is 0 Å². The van der Waals surface area contributed by atoms with Crippen molar-refractivity contribution in [2.24, 2.45) is 0 Å². The first-order valence-electron chi connectivity index (χ1n) is 13.5. The maximum Gasteiger partial charge on any atom is 0.159 e. The second kappa shape index (κ2) is 12.9. The van der Waals surface area contributed by atoms with Gasteiger partial charge in [-0.25, -0.2) is 0 Å². The van der Waals surface area contributed by atoms with Gasteiger partial charge in [0.2, 0.25) is 0 Å². The predicted molar refractivity (Wildman–Crippen MR) is 194 cm³/mol. The summed E-state index contributed by atoms with van der Waals surface area (Å²) in [6.45, 7) is 3.01. The van der Waals surface area contributed by atoms with Gasteiger partial charge in [-0.1, -0.05) is 92.8 Å². The molecular weight excluding hydrogens is 750 g/mol. The van der Waals surface area contributed by atoms with Gasteiger partial charge in [-0.3, -0.25) is 9.59 Å². The molecule has 5 aromatic carbocycles. The number of fused-ring (bicyclic) bond motifs is 3. The number of Topliss-reactive ketones (excluding diaryl/α,β-unsaturated/α-hetero) is 2. The van der Waals surface area contributed by atoms with Crippen LogP contribution < -0.4 is 0 Å². The molecule has 0 fully saturated rings. The molecule has 0 atom stereocenters. The van der Waals surface area contributed by atoms with E-state index in [0.29, 0.717) is 49.5 Å². The molecule has 0 aliphatic rings. The van der Waals surface area contributed by atoms with Gasteiger partial charge in [0.1, 0.15) is 0 Å². The molecule has 0 unspecified atom stereocenters. The lowest BCUT2D eigenvalue weighted by atomic mass is 9.84. The number of rotatable bonds is 6. The Hall–Kier alpha value is -2.44. The highest BCUT2D eigenvalue weighted by Crippen LogP contribution is 2.50. The van der Waals surface area contributed by atoms with Crippen LogP contribution in [-0.2, 0) is 0 Å². The smallest absolute Gasteiger partial charge is 0.159 e. The number of halogens is 8. The van der Waals surface area contributed by atoms with Crippen LogP contribution in [0, 0.1) is 5.92 Å². The number of aromatic nitrogens is 1. The van der Waals surface area contributed by atoms with Gasteiger partial charge in [-0.2, -0.15) is 0 Å². The van der Waals surface area contributed by atoms with Crippen LogP contribution in [0.2, 0.25) is 40.2 Å². The van der Waals surface area contributed by atoms with E-state index in [9.17, 15) is 9.59 Å². The van der Waals surface area contributed by atoms with Crippen LogP contribution in [0.4, 0.5) is 0 Å². The Morgan fingerprint density at radius 1 is 0.478 bits per heavy atom. The van der Waals surface area contributed by atoms with Crippen molar-refractivity contribution in [1.29, 1.82) is 0 Å². The number of benzene rings is 5. The van der Waals surface area contributed by atoms with E-state index < -0.39 is 0 Å². The quantitative estimate of drug-likeness (QED) is 0.125. The first-order chi connectivity index (χ1) is 21.8. The third-order valence-electron chi connectivity index (χ3n) is 7.63. The van der Waals surface area contributed by atoms with Crippen molar-refractivity contribution < 1.29 is 9.59 Å². The number of carbonyl (C=O) groups is 2. The summed E-state index contributed by atoms with van der Waals surface area (Å²) in [5.74, 6) is 0.213. The second-order valence-corrected chi connectivity index (χ2v) is 13.9. The molecule has 231 valence electrons. The van der Waals surface area contributed by atoms with Crippen molar-refractivity contribution in [3.63, 3.8) is 0 Å². The number of carbonyl (C=O) groups excluding carboxylic acids is 2. The highest BCUT2D eigenvalue weighted by molar-refractivity contribution is 6.43.